The van der Waals surface area contributed by atoms with Gasteiger partial charge in [-0.25, -0.2) is 4.98 Å². The van der Waals surface area contributed by atoms with Crippen molar-refractivity contribution in [2.75, 3.05) is 6.61 Å². The first kappa shape index (κ1) is 13.1. The number of aliphatic hydroxyl groups is 2. The molecule has 1 saturated heterocycles. The summed E-state index contributed by atoms with van der Waals surface area (Å²) in [6.45, 7) is -0.211. The zero-order valence-corrected chi connectivity index (χ0v) is 11.3. The van der Waals surface area contributed by atoms with Crippen molar-refractivity contribution < 1.29 is 14.9 Å². The smallest absolute Gasteiger partial charge is 0.138 e. The number of hydrogen-bond acceptors (Lipinski definition) is 4. The highest BCUT2D eigenvalue weighted by Gasteiger charge is 2.34. The molecule has 19 heavy (non-hydrogen) atoms. The quantitative estimate of drug-likeness (QED) is 0.890. The second-order valence-corrected chi connectivity index (χ2v) is 5.34. The first-order valence-corrected chi connectivity index (χ1v) is 6.61. The van der Waals surface area contributed by atoms with Gasteiger partial charge in [0.1, 0.15) is 12.3 Å². The fourth-order valence-corrected chi connectivity index (χ4v) is 2.62. The Balaban J connectivity index is 2.00. The number of fused-ring (bicyclic) bond motifs is 1. The Morgan fingerprint density at radius 3 is 2.79 bits per heavy atom. The largest absolute Gasteiger partial charge is 0.394 e. The van der Waals surface area contributed by atoms with Gasteiger partial charge < -0.3 is 19.5 Å². The van der Waals surface area contributed by atoms with Crippen molar-refractivity contribution in [3.63, 3.8) is 0 Å². The number of halogens is 2. The van der Waals surface area contributed by atoms with Gasteiger partial charge in [0.2, 0.25) is 0 Å². The van der Waals surface area contributed by atoms with Crippen LogP contribution >= 0.6 is 23.2 Å². The molecule has 1 aliphatic heterocycles. The van der Waals surface area contributed by atoms with E-state index in [0.717, 1.165) is 5.52 Å². The second-order valence-electron chi connectivity index (χ2n) is 4.52. The molecule has 7 heteroatoms. The van der Waals surface area contributed by atoms with Gasteiger partial charge in [-0.2, -0.15) is 0 Å². The molecule has 3 rings (SSSR count). The predicted octanol–water partition coefficient (Wildman–Crippen LogP) is 1.98. The van der Waals surface area contributed by atoms with Crippen molar-refractivity contribution >= 4 is 34.2 Å². The topological polar surface area (TPSA) is 67.5 Å². The van der Waals surface area contributed by atoms with Crippen LogP contribution in [-0.4, -0.2) is 38.6 Å². The molecule has 1 unspecified atom stereocenters. The molecule has 3 atom stereocenters. The van der Waals surface area contributed by atoms with Gasteiger partial charge in [0.15, 0.2) is 0 Å². The maximum Gasteiger partial charge on any atom is 0.138 e. The molecular weight excluding hydrogens is 291 g/mol. The number of imidazole rings is 1. The van der Waals surface area contributed by atoms with Crippen LogP contribution in [0, 0.1) is 0 Å². The minimum Gasteiger partial charge on any atom is -0.394 e. The van der Waals surface area contributed by atoms with E-state index in [1.807, 2.05) is 0 Å². The highest BCUT2D eigenvalue weighted by Crippen LogP contribution is 2.33. The van der Waals surface area contributed by atoms with Crippen LogP contribution in [-0.2, 0) is 4.74 Å². The third-order valence-electron chi connectivity index (χ3n) is 3.31. The van der Waals surface area contributed by atoms with E-state index in [1.54, 1.807) is 23.0 Å². The average Bonchev–Trinajstić information content (AvgIpc) is 2.93. The molecule has 2 aromatic rings. The molecule has 0 aliphatic carbocycles. The van der Waals surface area contributed by atoms with E-state index in [4.69, 9.17) is 33.0 Å². The van der Waals surface area contributed by atoms with E-state index in [1.165, 1.54) is 0 Å². The molecule has 0 amide bonds. The Bertz CT molecular complexity index is 616. The van der Waals surface area contributed by atoms with Crippen molar-refractivity contribution in [2.24, 2.45) is 0 Å². The van der Waals surface area contributed by atoms with Crippen LogP contribution in [0.1, 0.15) is 12.6 Å². The minimum absolute atomic E-state index is 0.211. The SMILES string of the molecule is OCC1O[C@@H](n2cnc3cc(Cl)c(Cl)cc32)C[C@@H]1O. The van der Waals surface area contributed by atoms with Crippen molar-refractivity contribution in [1.82, 2.24) is 9.55 Å². The number of aliphatic hydroxyl groups excluding tert-OH is 2. The zero-order chi connectivity index (χ0) is 13.6. The minimum atomic E-state index is -0.685. The molecule has 0 saturated carbocycles. The summed E-state index contributed by atoms with van der Waals surface area (Å²) in [6, 6.07) is 3.40. The Labute approximate surface area is 119 Å². The summed E-state index contributed by atoms with van der Waals surface area (Å²) < 4.78 is 7.38. The van der Waals surface area contributed by atoms with Gasteiger partial charge in [-0.1, -0.05) is 23.2 Å². The van der Waals surface area contributed by atoms with Gasteiger partial charge in [-0.3, -0.25) is 0 Å². The molecule has 1 aromatic heterocycles. The highest BCUT2D eigenvalue weighted by molar-refractivity contribution is 6.42. The first-order chi connectivity index (χ1) is 9.10. The van der Waals surface area contributed by atoms with Crippen molar-refractivity contribution in [2.45, 2.75) is 24.9 Å². The monoisotopic (exact) mass is 302 g/mol. The lowest BCUT2D eigenvalue weighted by Gasteiger charge is -2.14. The lowest BCUT2D eigenvalue weighted by molar-refractivity contribution is -0.0430. The Morgan fingerprint density at radius 2 is 2.11 bits per heavy atom. The van der Waals surface area contributed by atoms with Crippen LogP contribution in [0.3, 0.4) is 0 Å². The summed E-state index contributed by atoms with van der Waals surface area (Å²) in [6.07, 6.45) is 0.403. The highest BCUT2D eigenvalue weighted by atomic mass is 35.5. The summed E-state index contributed by atoms with van der Waals surface area (Å²) in [4.78, 5) is 4.24. The summed E-state index contributed by atoms with van der Waals surface area (Å²) in [5, 5.41) is 19.7. The third-order valence-corrected chi connectivity index (χ3v) is 4.03. The van der Waals surface area contributed by atoms with Gasteiger partial charge in [-0.15, -0.1) is 0 Å². The van der Waals surface area contributed by atoms with Gasteiger partial charge in [-0.05, 0) is 12.1 Å². The standard InChI is InChI=1S/C12H12Cl2N2O3/c13-6-1-8-9(2-7(6)14)16(5-15-8)12-3-10(18)11(4-17)19-12/h1-2,5,10-12,17-18H,3-4H2/t10-,11?,12+/m0/s1. The van der Waals surface area contributed by atoms with E-state index >= 15 is 0 Å². The van der Waals surface area contributed by atoms with Gasteiger partial charge in [0.05, 0.1) is 40.1 Å². The molecule has 0 radical (unpaired) electrons. The maximum absolute atomic E-state index is 9.76. The third kappa shape index (κ3) is 2.22. The average molecular weight is 303 g/mol. The summed E-state index contributed by atoms with van der Waals surface area (Å²) >= 11 is 11.9. The van der Waals surface area contributed by atoms with E-state index in [-0.39, 0.29) is 12.8 Å². The molecule has 5 nitrogen and oxygen atoms in total. The van der Waals surface area contributed by atoms with E-state index in [0.29, 0.717) is 22.0 Å². The first-order valence-electron chi connectivity index (χ1n) is 5.86. The number of rotatable bonds is 2. The van der Waals surface area contributed by atoms with Crippen LogP contribution in [0.2, 0.25) is 10.0 Å². The van der Waals surface area contributed by atoms with Crippen LogP contribution in [0.4, 0.5) is 0 Å². The fraction of sp³-hybridized carbons (Fsp3) is 0.417. The van der Waals surface area contributed by atoms with Gasteiger partial charge >= 0.3 is 0 Å². The molecule has 0 bridgehead atoms. The van der Waals surface area contributed by atoms with Crippen molar-refractivity contribution in [3.05, 3.63) is 28.5 Å². The Hall–Kier alpha value is -0.850. The zero-order valence-electron chi connectivity index (χ0n) is 9.83. The molecule has 2 N–H and O–H groups in total. The number of ether oxygens (including phenoxy) is 1. The molecular formula is C12H12Cl2N2O3. The molecule has 2 heterocycles. The van der Waals surface area contributed by atoms with Crippen LogP contribution in [0.5, 0.6) is 0 Å². The van der Waals surface area contributed by atoms with Crippen LogP contribution < -0.4 is 0 Å². The summed E-state index contributed by atoms with van der Waals surface area (Å²) in [7, 11) is 0. The maximum atomic E-state index is 9.76. The Morgan fingerprint density at radius 1 is 1.37 bits per heavy atom. The normalized spacial score (nSPS) is 27.3. The molecule has 1 aliphatic rings. The van der Waals surface area contributed by atoms with Crippen molar-refractivity contribution in [1.29, 1.82) is 0 Å². The summed E-state index contributed by atoms with van der Waals surface area (Å²) in [5.41, 5.74) is 1.49. The molecule has 1 aromatic carbocycles. The number of benzene rings is 1. The second kappa shape index (κ2) is 4.92. The number of aromatic nitrogens is 2. The van der Waals surface area contributed by atoms with Gasteiger partial charge in [0, 0.05) is 6.42 Å². The van der Waals surface area contributed by atoms with E-state index in [9.17, 15) is 5.11 Å². The molecule has 0 spiro atoms. The van der Waals surface area contributed by atoms with E-state index in [2.05, 4.69) is 4.98 Å². The van der Waals surface area contributed by atoms with E-state index < -0.39 is 12.2 Å². The summed E-state index contributed by atoms with van der Waals surface area (Å²) in [5.74, 6) is 0. The fourth-order valence-electron chi connectivity index (χ4n) is 2.30. The van der Waals surface area contributed by atoms with Crippen LogP contribution in [0.25, 0.3) is 11.0 Å². The number of hydrogen-bond donors (Lipinski definition) is 2. The van der Waals surface area contributed by atoms with Crippen LogP contribution in [0.15, 0.2) is 18.5 Å². The lowest BCUT2D eigenvalue weighted by atomic mass is 10.2. The molecule has 102 valence electrons. The predicted molar refractivity (Wildman–Crippen MR) is 71.4 cm³/mol. The van der Waals surface area contributed by atoms with Crippen molar-refractivity contribution in [3.8, 4) is 0 Å². The Kier molecular flexibility index (Phi) is 3.41. The lowest BCUT2D eigenvalue weighted by Crippen LogP contribution is -2.24. The molecule has 1 fully saturated rings. The van der Waals surface area contributed by atoms with Gasteiger partial charge in [0.25, 0.3) is 0 Å². The number of nitrogens with zero attached hydrogens (tertiary/aromatic N) is 2.